The van der Waals surface area contributed by atoms with Crippen LogP contribution >= 0.6 is 0 Å². The molecule has 2 aromatic rings. The van der Waals surface area contributed by atoms with Gasteiger partial charge < -0.3 is 9.64 Å². The predicted octanol–water partition coefficient (Wildman–Crippen LogP) is 3.49. The van der Waals surface area contributed by atoms with Gasteiger partial charge in [-0.25, -0.2) is 13.6 Å². The number of carbonyl (C=O) groups excluding carboxylic acids is 2. The van der Waals surface area contributed by atoms with Gasteiger partial charge in [0.15, 0.2) is 6.10 Å². The third-order valence-corrected chi connectivity index (χ3v) is 4.24. The minimum absolute atomic E-state index is 0.0868. The standard InChI is InChI=1S/C19H17F2NO3/c1-11-10-13-6-3-4-9-16(13)22(11)18(23)12(2)25-19(24)17-14(20)7-5-8-15(17)21/h3-9,11-12H,10H2,1-2H3/t11-,12+/m0/s1. The summed E-state index contributed by atoms with van der Waals surface area (Å²) < 4.78 is 32.4. The van der Waals surface area contributed by atoms with Crippen molar-refractivity contribution in [1.82, 2.24) is 0 Å². The summed E-state index contributed by atoms with van der Waals surface area (Å²) in [4.78, 5) is 26.3. The Balaban J connectivity index is 1.79. The summed E-state index contributed by atoms with van der Waals surface area (Å²) in [6, 6.07) is 10.5. The van der Waals surface area contributed by atoms with Gasteiger partial charge in [0.2, 0.25) is 0 Å². The highest BCUT2D eigenvalue weighted by atomic mass is 19.1. The number of rotatable bonds is 3. The van der Waals surface area contributed by atoms with Crippen LogP contribution in [0.25, 0.3) is 0 Å². The summed E-state index contributed by atoms with van der Waals surface area (Å²) in [6.45, 7) is 3.29. The minimum Gasteiger partial charge on any atom is -0.449 e. The molecule has 2 atom stereocenters. The Bertz CT molecular complexity index is 817. The molecule has 1 aliphatic rings. The van der Waals surface area contributed by atoms with Crippen molar-refractivity contribution >= 4 is 17.6 Å². The van der Waals surface area contributed by atoms with Crippen molar-refractivity contribution in [2.45, 2.75) is 32.4 Å². The molecular formula is C19H17F2NO3. The number of hydrogen-bond acceptors (Lipinski definition) is 3. The Hall–Kier alpha value is -2.76. The number of esters is 1. The van der Waals surface area contributed by atoms with Crippen molar-refractivity contribution in [1.29, 1.82) is 0 Å². The van der Waals surface area contributed by atoms with Gasteiger partial charge in [0.1, 0.15) is 17.2 Å². The Labute approximate surface area is 144 Å². The van der Waals surface area contributed by atoms with Gasteiger partial charge in [-0.2, -0.15) is 0 Å². The fourth-order valence-electron chi connectivity index (χ4n) is 3.06. The van der Waals surface area contributed by atoms with Crippen molar-refractivity contribution in [2.75, 3.05) is 4.90 Å². The van der Waals surface area contributed by atoms with E-state index in [0.29, 0.717) is 6.42 Å². The molecule has 4 nitrogen and oxygen atoms in total. The summed E-state index contributed by atoms with van der Waals surface area (Å²) in [5.41, 5.74) is 0.999. The van der Waals surface area contributed by atoms with E-state index in [-0.39, 0.29) is 6.04 Å². The molecular weight excluding hydrogens is 328 g/mol. The minimum atomic E-state index is -1.20. The molecule has 0 radical (unpaired) electrons. The molecule has 1 heterocycles. The highest BCUT2D eigenvalue weighted by molar-refractivity contribution is 6.01. The number of carbonyl (C=O) groups is 2. The van der Waals surface area contributed by atoms with Crippen LogP contribution in [-0.4, -0.2) is 24.0 Å². The van der Waals surface area contributed by atoms with E-state index in [1.54, 1.807) is 4.90 Å². The average Bonchev–Trinajstić information content (AvgIpc) is 2.89. The highest BCUT2D eigenvalue weighted by Gasteiger charge is 2.35. The van der Waals surface area contributed by atoms with E-state index in [1.165, 1.54) is 6.92 Å². The van der Waals surface area contributed by atoms with Gasteiger partial charge in [0, 0.05) is 11.7 Å². The number of amides is 1. The molecule has 0 spiro atoms. The smallest absolute Gasteiger partial charge is 0.344 e. The lowest BCUT2D eigenvalue weighted by atomic mass is 10.1. The molecule has 0 saturated carbocycles. The van der Waals surface area contributed by atoms with Gasteiger partial charge in [0.25, 0.3) is 5.91 Å². The molecule has 3 rings (SSSR count). The lowest BCUT2D eigenvalue weighted by Crippen LogP contribution is -2.43. The number of halogens is 2. The first kappa shape index (κ1) is 17.1. The SMILES string of the molecule is C[C@@H](OC(=O)c1c(F)cccc1F)C(=O)N1c2ccccc2C[C@@H]1C. The monoisotopic (exact) mass is 345 g/mol. The van der Waals surface area contributed by atoms with Crippen molar-refractivity contribution in [3.05, 3.63) is 65.2 Å². The molecule has 0 aliphatic carbocycles. The van der Waals surface area contributed by atoms with Gasteiger partial charge in [-0.05, 0) is 44.0 Å². The Morgan fingerprint density at radius 3 is 2.44 bits per heavy atom. The van der Waals surface area contributed by atoms with E-state index >= 15 is 0 Å². The molecule has 0 unspecified atom stereocenters. The predicted molar refractivity (Wildman–Crippen MR) is 88.3 cm³/mol. The van der Waals surface area contributed by atoms with Crippen molar-refractivity contribution in [2.24, 2.45) is 0 Å². The molecule has 0 bridgehead atoms. The van der Waals surface area contributed by atoms with E-state index in [1.807, 2.05) is 31.2 Å². The zero-order valence-electron chi connectivity index (χ0n) is 13.8. The number of para-hydroxylation sites is 1. The summed E-state index contributed by atoms with van der Waals surface area (Å²) in [7, 11) is 0. The molecule has 1 amide bonds. The van der Waals surface area contributed by atoms with Crippen LogP contribution < -0.4 is 4.90 Å². The maximum Gasteiger partial charge on any atom is 0.344 e. The molecule has 0 saturated heterocycles. The van der Waals surface area contributed by atoms with E-state index < -0.39 is 35.2 Å². The van der Waals surface area contributed by atoms with Crippen LogP contribution in [0.3, 0.4) is 0 Å². The van der Waals surface area contributed by atoms with E-state index in [9.17, 15) is 18.4 Å². The van der Waals surface area contributed by atoms with E-state index in [2.05, 4.69) is 0 Å². The first-order valence-electron chi connectivity index (χ1n) is 7.96. The normalized spacial score (nSPS) is 17.1. The van der Waals surface area contributed by atoms with Crippen molar-refractivity contribution in [3.63, 3.8) is 0 Å². The largest absolute Gasteiger partial charge is 0.449 e. The Kier molecular flexibility index (Phi) is 4.53. The van der Waals surface area contributed by atoms with Gasteiger partial charge in [-0.3, -0.25) is 4.79 Å². The zero-order valence-corrected chi connectivity index (χ0v) is 13.8. The summed E-state index contributed by atoms with van der Waals surface area (Å²) in [6.07, 6.45) is -0.468. The zero-order chi connectivity index (χ0) is 18.1. The van der Waals surface area contributed by atoms with Gasteiger partial charge in [-0.15, -0.1) is 0 Å². The molecule has 130 valence electrons. The number of nitrogens with zero attached hydrogens (tertiary/aromatic N) is 1. The quantitative estimate of drug-likeness (QED) is 0.800. The Morgan fingerprint density at radius 1 is 1.12 bits per heavy atom. The van der Waals surface area contributed by atoms with E-state index in [0.717, 1.165) is 29.4 Å². The Morgan fingerprint density at radius 2 is 1.76 bits per heavy atom. The first-order valence-corrected chi connectivity index (χ1v) is 7.96. The summed E-state index contributed by atoms with van der Waals surface area (Å²) in [5, 5.41) is 0. The van der Waals surface area contributed by atoms with Crippen molar-refractivity contribution < 1.29 is 23.1 Å². The van der Waals surface area contributed by atoms with Crippen LogP contribution in [0.4, 0.5) is 14.5 Å². The number of benzene rings is 2. The van der Waals surface area contributed by atoms with Crippen LogP contribution in [0.2, 0.25) is 0 Å². The van der Waals surface area contributed by atoms with Crippen LogP contribution in [0.1, 0.15) is 29.8 Å². The number of ether oxygens (including phenoxy) is 1. The molecule has 6 heteroatoms. The molecule has 0 N–H and O–H groups in total. The highest BCUT2D eigenvalue weighted by Crippen LogP contribution is 2.32. The second-order valence-electron chi connectivity index (χ2n) is 6.03. The maximum atomic E-state index is 13.7. The average molecular weight is 345 g/mol. The number of fused-ring (bicyclic) bond motifs is 1. The van der Waals surface area contributed by atoms with E-state index in [4.69, 9.17) is 4.74 Å². The number of anilines is 1. The molecule has 0 aromatic heterocycles. The molecule has 0 fully saturated rings. The van der Waals surface area contributed by atoms with Crippen LogP contribution in [0, 0.1) is 11.6 Å². The lowest BCUT2D eigenvalue weighted by Gasteiger charge is -2.26. The topological polar surface area (TPSA) is 46.6 Å². The van der Waals surface area contributed by atoms with Gasteiger partial charge >= 0.3 is 5.97 Å². The molecule has 2 aromatic carbocycles. The van der Waals surface area contributed by atoms with Crippen LogP contribution in [0.5, 0.6) is 0 Å². The summed E-state index contributed by atoms with van der Waals surface area (Å²) >= 11 is 0. The molecule has 1 aliphatic heterocycles. The second-order valence-corrected chi connectivity index (χ2v) is 6.03. The summed E-state index contributed by atoms with van der Waals surface area (Å²) in [5.74, 6) is -3.67. The fourth-order valence-corrected chi connectivity index (χ4v) is 3.06. The first-order chi connectivity index (χ1) is 11.9. The fraction of sp³-hybridized carbons (Fsp3) is 0.263. The maximum absolute atomic E-state index is 13.7. The van der Waals surface area contributed by atoms with Crippen LogP contribution in [-0.2, 0) is 16.0 Å². The third kappa shape index (κ3) is 3.12. The number of hydrogen-bond donors (Lipinski definition) is 0. The third-order valence-electron chi connectivity index (χ3n) is 4.24. The lowest BCUT2D eigenvalue weighted by molar-refractivity contribution is -0.126. The van der Waals surface area contributed by atoms with Gasteiger partial charge in [0.05, 0.1) is 0 Å². The second kappa shape index (κ2) is 6.63. The van der Waals surface area contributed by atoms with Gasteiger partial charge in [-0.1, -0.05) is 24.3 Å². The van der Waals surface area contributed by atoms with Crippen molar-refractivity contribution in [3.8, 4) is 0 Å². The molecule has 25 heavy (non-hydrogen) atoms. The van der Waals surface area contributed by atoms with Crippen LogP contribution in [0.15, 0.2) is 42.5 Å².